The van der Waals surface area contributed by atoms with Gasteiger partial charge in [0.05, 0.1) is 6.61 Å². The highest BCUT2D eigenvalue weighted by Crippen LogP contribution is 2.21. The minimum absolute atomic E-state index is 0.249. The summed E-state index contributed by atoms with van der Waals surface area (Å²) in [6.45, 7) is -1.97. The number of nitrogens with one attached hydrogen (secondary N) is 1. The molecule has 1 aromatic rings. The van der Waals surface area contributed by atoms with E-state index in [1.165, 1.54) is 10.1 Å². The van der Waals surface area contributed by atoms with Crippen molar-refractivity contribution in [3.8, 4) is 0 Å². The molecule has 0 saturated carbocycles. The van der Waals surface area contributed by atoms with Crippen molar-refractivity contribution in [2.45, 2.75) is 17.0 Å². The lowest BCUT2D eigenvalue weighted by Crippen LogP contribution is -2.33. The molecule has 1 aromatic heterocycles. The van der Waals surface area contributed by atoms with Gasteiger partial charge in [-0.25, -0.2) is 13.1 Å². The highest BCUT2D eigenvalue weighted by atomic mass is 32.2. The number of rotatable bonds is 4. The molecule has 0 spiro atoms. The molecule has 1 heterocycles. The average Bonchev–Trinajstić information content (AvgIpc) is 2.62. The van der Waals surface area contributed by atoms with Gasteiger partial charge in [0.2, 0.25) is 10.0 Å². The Kier molecular flexibility index (Phi) is 3.94. The summed E-state index contributed by atoms with van der Waals surface area (Å²) in [5, 5.41) is 10.1. The van der Waals surface area contributed by atoms with Gasteiger partial charge >= 0.3 is 6.18 Å². The van der Waals surface area contributed by atoms with E-state index in [2.05, 4.69) is 0 Å². The van der Waals surface area contributed by atoms with E-state index < -0.39 is 22.7 Å². The fourth-order valence-electron chi connectivity index (χ4n) is 0.825. The summed E-state index contributed by atoms with van der Waals surface area (Å²) in [7, 11) is -4.15. The van der Waals surface area contributed by atoms with Gasteiger partial charge in [0, 0.05) is 0 Å². The molecule has 0 unspecified atom stereocenters. The molecule has 0 amide bonds. The Hall–Kier alpha value is -0.640. The molecular weight excluding hydrogens is 267 g/mol. The minimum atomic E-state index is -4.59. The van der Waals surface area contributed by atoms with Crippen molar-refractivity contribution >= 4 is 21.4 Å². The van der Waals surface area contributed by atoms with Crippen LogP contribution in [0, 0.1) is 0 Å². The molecule has 16 heavy (non-hydrogen) atoms. The topological polar surface area (TPSA) is 66.4 Å². The van der Waals surface area contributed by atoms with Gasteiger partial charge in [-0.05, 0) is 17.0 Å². The summed E-state index contributed by atoms with van der Waals surface area (Å²) >= 11 is 0.754. The second-order valence-electron chi connectivity index (χ2n) is 2.87. The van der Waals surface area contributed by atoms with E-state index in [0.717, 1.165) is 17.4 Å². The van der Waals surface area contributed by atoms with E-state index in [9.17, 15) is 21.6 Å². The second kappa shape index (κ2) is 4.70. The molecule has 0 bridgehead atoms. The maximum Gasteiger partial charge on any atom is 0.402 e. The minimum Gasteiger partial charge on any atom is -0.392 e. The van der Waals surface area contributed by atoms with E-state index in [1.807, 2.05) is 0 Å². The third kappa shape index (κ3) is 3.74. The molecule has 0 radical (unpaired) electrons. The van der Waals surface area contributed by atoms with Crippen LogP contribution < -0.4 is 4.72 Å². The second-order valence-corrected chi connectivity index (χ2v) is 5.78. The highest BCUT2D eigenvalue weighted by molar-refractivity contribution is 7.91. The molecular formula is C7H8F3NO3S2. The van der Waals surface area contributed by atoms with E-state index in [0.29, 0.717) is 5.56 Å². The molecule has 4 nitrogen and oxygen atoms in total. The van der Waals surface area contributed by atoms with Crippen LogP contribution in [0.4, 0.5) is 13.2 Å². The maximum atomic E-state index is 11.8. The summed E-state index contributed by atoms with van der Waals surface area (Å²) < 4.78 is 59.3. The van der Waals surface area contributed by atoms with Crippen molar-refractivity contribution in [3.05, 3.63) is 17.0 Å². The number of halogens is 3. The lowest BCUT2D eigenvalue weighted by Gasteiger charge is -2.07. The smallest absolute Gasteiger partial charge is 0.392 e. The number of sulfonamides is 1. The predicted molar refractivity (Wildman–Crippen MR) is 51.5 cm³/mol. The van der Waals surface area contributed by atoms with Crippen molar-refractivity contribution in [3.63, 3.8) is 0 Å². The number of thiophene rings is 1. The highest BCUT2D eigenvalue weighted by Gasteiger charge is 2.30. The Morgan fingerprint density at radius 3 is 2.50 bits per heavy atom. The summed E-state index contributed by atoms with van der Waals surface area (Å²) in [5.74, 6) is 0. The Balaban J connectivity index is 2.78. The van der Waals surface area contributed by atoms with Crippen LogP contribution >= 0.6 is 11.3 Å². The summed E-state index contributed by atoms with van der Waals surface area (Å²) in [6, 6.07) is 1.13. The van der Waals surface area contributed by atoms with Crippen molar-refractivity contribution in [1.29, 1.82) is 0 Å². The number of hydrogen-bond acceptors (Lipinski definition) is 4. The molecule has 0 aliphatic heterocycles. The zero-order valence-corrected chi connectivity index (χ0v) is 9.42. The fraction of sp³-hybridized carbons (Fsp3) is 0.429. The Morgan fingerprint density at radius 2 is 2.06 bits per heavy atom. The number of aliphatic hydroxyl groups excluding tert-OH is 1. The average molecular weight is 275 g/mol. The summed E-state index contributed by atoms with van der Waals surface area (Å²) in [5.41, 5.74) is 0.345. The van der Waals surface area contributed by atoms with Crippen molar-refractivity contribution in [2.75, 3.05) is 6.54 Å². The first-order valence-corrected chi connectivity index (χ1v) is 6.35. The monoisotopic (exact) mass is 275 g/mol. The molecule has 0 aliphatic rings. The Morgan fingerprint density at radius 1 is 1.44 bits per heavy atom. The fourth-order valence-corrected chi connectivity index (χ4v) is 3.08. The van der Waals surface area contributed by atoms with Gasteiger partial charge in [0.1, 0.15) is 10.8 Å². The van der Waals surface area contributed by atoms with Crippen LogP contribution in [-0.4, -0.2) is 26.2 Å². The van der Waals surface area contributed by atoms with Crippen LogP contribution in [0.25, 0.3) is 0 Å². The Labute approximate surface area is 93.8 Å². The van der Waals surface area contributed by atoms with E-state index in [-0.39, 0.29) is 10.8 Å². The maximum absolute atomic E-state index is 11.8. The van der Waals surface area contributed by atoms with Crippen LogP contribution in [0.2, 0.25) is 0 Å². The molecule has 0 aromatic carbocycles. The van der Waals surface area contributed by atoms with Crippen LogP contribution in [0.1, 0.15) is 5.56 Å². The van der Waals surface area contributed by atoms with E-state index in [4.69, 9.17) is 5.11 Å². The first-order valence-electron chi connectivity index (χ1n) is 3.99. The number of aliphatic hydroxyl groups is 1. The zero-order chi connectivity index (χ0) is 12.4. The molecule has 0 fully saturated rings. The first-order chi connectivity index (χ1) is 7.24. The van der Waals surface area contributed by atoms with Crippen LogP contribution in [0.3, 0.4) is 0 Å². The van der Waals surface area contributed by atoms with E-state index in [1.54, 1.807) is 0 Å². The molecule has 0 saturated heterocycles. The van der Waals surface area contributed by atoms with Gasteiger partial charge in [-0.3, -0.25) is 0 Å². The predicted octanol–water partition coefficient (Wildman–Crippen LogP) is 1.08. The quantitative estimate of drug-likeness (QED) is 0.864. The molecule has 92 valence electrons. The molecule has 1 rings (SSSR count). The zero-order valence-electron chi connectivity index (χ0n) is 7.78. The lowest BCUT2D eigenvalue weighted by atomic mass is 10.4. The van der Waals surface area contributed by atoms with Crippen LogP contribution in [0.15, 0.2) is 15.7 Å². The van der Waals surface area contributed by atoms with Crippen molar-refractivity contribution in [2.24, 2.45) is 0 Å². The van der Waals surface area contributed by atoms with Gasteiger partial charge in [0.25, 0.3) is 0 Å². The largest absolute Gasteiger partial charge is 0.402 e. The van der Waals surface area contributed by atoms with Crippen LogP contribution in [-0.2, 0) is 16.6 Å². The summed E-state index contributed by atoms with van der Waals surface area (Å²) in [6.07, 6.45) is -4.59. The normalized spacial score (nSPS) is 13.0. The molecule has 9 heteroatoms. The summed E-state index contributed by atoms with van der Waals surface area (Å²) in [4.78, 5) is 0. The molecule has 0 atom stereocenters. The van der Waals surface area contributed by atoms with E-state index >= 15 is 0 Å². The van der Waals surface area contributed by atoms with Crippen molar-refractivity contribution in [1.82, 2.24) is 4.72 Å². The number of hydrogen-bond donors (Lipinski definition) is 2. The number of alkyl halides is 3. The Bertz CT molecular complexity index is 452. The van der Waals surface area contributed by atoms with Gasteiger partial charge in [-0.15, -0.1) is 11.3 Å². The van der Waals surface area contributed by atoms with Gasteiger partial charge in [-0.2, -0.15) is 13.2 Å². The third-order valence-electron chi connectivity index (χ3n) is 1.54. The van der Waals surface area contributed by atoms with Crippen molar-refractivity contribution < 1.29 is 26.7 Å². The molecule has 0 aliphatic carbocycles. The van der Waals surface area contributed by atoms with Gasteiger partial charge in [0.15, 0.2) is 0 Å². The third-order valence-corrected chi connectivity index (χ3v) is 4.43. The van der Waals surface area contributed by atoms with Crippen LogP contribution in [0.5, 0.6) is 0 Å². The molecule has 2 N–H and O–H groups in total. The standard InChI is InChI=1S/C7H8F3NO3S2/c8-7(9,10)4-11-16(13,14)6-1-5(2-12)3-15-6/h1,3,11-12H,2,4H2. The van der Waals surface area contributed by atoms with Gasteiger partial charge < -0.3 is 5.11 Å². The lowest BCUT2D eigenvalue weighted by molar-refractivity contribution is -0.121. The SMILES string of the molecule is O=S(=O)(NCC(F)(F)F)c1cc(CO)cs1. The first kappa shape index (κ1) is 13.4. The van der Waals surface area contributed by atoms with Gasteiger partial charge in [-0.1, -0.05) is 0 Å².